The molecule has 0 spiro atoms. The summed E-state index contributed by atoms with van der Waals surface area (Å²) >= 11 is 0. The number of rotatable bonds is 1. The summed E-state index contributed by atoms with van der Waals surface area (Å²) < 4.78 is 13.5. The number of carboxylic acid groups (broad SMARTS) is 1. The van der Waals surface area contributed by atoms with Crippen molar-refractivity contribution >= 4 is 11.9 Å². The van der Waals surface area contributed by atoms with E-state index < -0.39 is 29.6 Å². The molecule has 0 saturated carbocycles. The van der Waals surface area contributed by atoms with Gasteiger partial charge in [-0.3, -0.25) is 4.79 Å². The summed E-state index contributed by atoms with van der Waals surface area (Å²) in [5.41, 5.74) is -0.688. The van der Waals surface area contributed by atoms with E-state index in [1.807, 2.05) is 0 Å². The van der Waals surface area contributed by atoms with Crippen LogP contribution >= 0.6 is 0 Å². The molecule has 5 heteroatoms. The van der Waals surface area contributed by atoms with Gasteiger partial charge < -0.3 is 10.0 Å². The second-order valence-corrected chi connectivity index (χ2v) is 5.31. The second kappa shape index (κ2) is 4.03. The van der Waals surface area contributed by atoms with E-state index in [0.29, 0.717) is 0 Å². The Morgan fingerprint density at radius 1 is 1.38 bits per heavy atom. The van der Waals surface area contributed by atoms with E-state index in [9.17, 15) is 14.0 Å². The van der Waals surface area contributed by atoms with Gasteiger partial charge in [0.1, 0.15) is 12.2 Å². The number of carbonyl (C=O) groups excluding carboxylic acids is 1. The molecule has 0 bridgehead atoms. The maximum Gasteiger partial charge on any atom is 0.326 e. The number of halogens is 1. The van der Waals surface area contributed by atoms with Crippen molar-refractivity contribution in [2.45, 2.75) is 52.4 Å². The first-order valence-electron chi connectivity index (χ1n) is 5.36. The third-order valence-electron chi connectivity index (χ3n) is 2.91. The molecule has 1 heterocycles. The maximum absolute atomic E-state index is 13.5. The fourth-order valence-electron chi connectivity index (χ4n) is 1.92. The average molecular weight is 231 g/mol. The van der Waals surface area contributed by atoms with Crippen LogP contribution in [-0.4, -0.2) is 40.1 Å². The topological polar surface area (TPSA) is 57.6 Å². The summed E-state index contributed by atoms with van der Waals surface area (Å²) in [7, 11) is 0. The average Bonchev–Trinajstić information content (AvgIpc) is 2.41. The highest BCUT2D eigenvalue weighted by molar-refractivity contribution is 5.87. The number of amides is 1. The summed E-state index contributed by atoms with van der Waals surface area (Å²) in [6.07, 6.45) is -1.37. The number of hydrogen-bond donors (Lipinski definition) is 1. The van der Waals surface area contributed by atoms with Gasteiger partial charge in [-0.15, -0.1) is 0 Å². The van der Waals surface area contributed by atoms with Crippen molar-refractivity contribution in [1.82, 2.24) is 4.90 Å². The van der Waals surface area contributed by atoms with Crippen molar-refractivity contribution < 1.29 is 19.1 Å². The van der Waals surface area contributed by atoms with Crippen molar-refractivity contribution in [3.63, 3.8) is 0 Å². The van der Waals surface area contributed by atoms with E-state index in [1.165, 1.54) is 4.90 Å². The largest absolute Gasteiger partial charge is 0.480 e. The molecule has 1 amide bonds. The minimum atomic E-state index is -1.26. The Labute approximate surface area is 94.4 Å². The molecule has 1 rings (SSSR count). The Hall–Kier alpha value is -1.13. The molecule has 0 aromatic heterocycles. The van der Waals surface area contributed by atoms with Crippen molar-refractivity contribution in [3.05, 3.63) is 0 Å². The predicted molar refractivity (Wildman–Crippen MR) is 56.7 cm³/mol. The molecule has 4 nitrogen and oxygen atoms in total. The molecule has 92 valence electrons. The van der Waals surface area contributed by atoms with Crippen LogP contribution in [0.25, 0.3) is 0 Å². The third kappa shape index (κ3) is 2.18. The number of likely N-dealkylation sites (tertiary alicyclic amines) is 1. The van der Waals surface area contributed by atoms with Crippen LogP contribution in [0, 0.1) is 5.41 Å². The summed E-state index contributed by atoms with van der Waals surface area (Å²) in [6.45, 7) is 6.66. The third-order valence-corrected chi connectivity index (χ3v) is 2.91. The molecule has 1 aliphatic rings. The molecule has 0 aliphatic carbocycles. The van der Waals surface area contributed by atoms with Crippen molar-refractivity contribution in [2.75, 3.05) is 0 Å². The SMILES string of the molecule is C[C@H]1[C@H](F)C[C@@H](C(=O)O)N1C(=O)C(C)(C)C. The number of nitrogens with zero attached hydrogens (tertiary/aromatic N) is 1. The van der Waals surface area contributed by atoms with Crippen LogP contribution in [0.4, 0.5) is 4.39 Å². The predicted octanol–water partition coefficient (Wildman–Crippen LogP) is 1.44. The number of hydrogen-bond acceptors (Lipinski definition) is 2. The smallest absolute Gasteiger partial charge is 0.326 e. The van der Waals surface area contributed by atoms with Gasteiger partial charge in [-0.05, 0) is 6.92 Å². The summed E-state index contributed by atoms with van der Waals surface area (Å²) in [5, 5.41) is 8.97. The lowest BCUT2D eigenvalue weighted by molar-refractivity contribution is -0.153. The van der Waals surface area contributed by atoms with Gasteiger partial charge in [-0.2, -0.15) is 0 Å². The quantitative estimate of drug-likeness (QED) is 0.743. The molecule has 0 aromatic rings. The van der Waals surface area contributed by atoms with E-state index in [4.69, 9.17) is 5.11 Å². The van der Waals surface area contributed by atoms with Gasteiger partial charge in [0.05, 0.1) is 6.04 Å². The fourth-order valence-corrected chi connectivity index (χ4v) is 1.92. The minimum absolute atomic E-state index is 0.113. The van der Waals surface area contributed by atoms with Gasteiger partial charge in [0, 0.05) is 11.8 Å². The monoisotopic (exact) mass is 231 g/mol. The lowest BCUT2D eigenvalue weighted by atomic mass is 9.94. The second-order valence-electron chi connectivity index (χ2n) is 5.31. The molecule has 3 atom stereocenters. The zero-order chi connectivity index (χ0) is 12.7. The lowest BCUT2D eigenvalue weighted by Crippen LogP contribution is -2.49. The van der Waals surface area contributed by atoms with Crippen LogP contribution in [0.1, 0.15) is 34.1 Å². The van der Waals surface area contributed by atoms with Crippen LogP contribution in [0.2, 0.25) is 0 Å². The molecule has 0 radical (unpaired) electrons. The fraction of sp³-hybridized carbons (Fsp3) is 0.818. The van der Waals surface area contributed by atoms with Crippen LogP contribution < -0.4 is 0 Å². The van der Waals surface area contributed by atoms with Gasteiger partial charge >= 0.3 is 5.97 Å². The zero-order valence-corrected chi connectivity index (χ0v) is 10.0. The molecular weight excluding hydrogens is 213 g/mol. The Kier molecular flexibility index (Phi) is 3.26. The molecule has 0 unspecified atom stereocenters. The van der Waals surface area contributed by atoms with Crippen LogP contribution in [0.15, 0.2) is 0 Å². The molecule has 16 heavy (non-hydrogen) atoms. The van der Waals surface area contributed by atoms with E-state index in [1.54, 1.807) is 27.7 Å². The summed E-state index contributed by atoms with van der Waals surface area (Å²) in [5.74, 6) is -1.45. The van der Waals surface area contributed by atoms with Crippen molar-refractivity contribution in [3.8, 4) is 0 Å². The highest BCUT2D eigenvalue weighted by Crippen LogP contribution is 2.31. The van der Waals surface area contributed by atoms with Crippen molar-refractivity contribution in [2.24, 2.45) is 5.41 Å². The van der Waals surface area contributed by atoms with E-state index >= 15 is 0 Å². The normalized spacial score (nSPS) is 30.6. The highest BCUT2D eigenvalue weighted by atomic mass is 19.1. The molecular formula is C11H18FNO3. The number of carboxylic acids is 1. The number of alkyl halides is 1. The van der Waals surface area contributed by atoms with Gasteiger partial charge in [0.2, 0.25) is 5.91 Å². The first-order chi connectivity index (χ1) is 7.16. The minimum Gasteiger partial charge on any atom is -0.480 e. The first-order valence-corrected chi connectivity index (χ1v) is 5.36. The molecule has 1 aliphatic heterocycles. The van der Waals surface area contributed by atoms with E-state index in [-0.39, 0.29) is 12.3 Å². The lowest BCUT2D eigenvalue weighted by Gasteiger charge is -2.32. The molecule has 1 N–H and O–H groups in total. The molecule has 1 saturated heterocycles. The van der Waals surface area contributed by atoms with Gasteiger partial charge in [-0.25, -0.2) is 9.18 Å². The summed E-state index contributed by atoms with van der Waals surface area (Å²) in [4.78, 5) is 24.2. The van der Waals surface area contributed by atoms with Gasteiger partial charge in [-0.1, -0.05) is 20.8 Å². The van der Waals surface area contributed by atoms with Crippen molar-refractivity contribution in [1.29, 1.82) is 0 Å². The molecule has 0 aromatic carbocycles. The number of carbonyl (C=O) groups is 2. The Morgan fingerprint density at radius 2 is 1.88 bits per heavy atom. The first kappa shape index (κ1) is 12.9. The maximum atomic E-state index is 13.5. The number of aliphatic carboxylic acids is 1. The Bertz CT molecular complexity index is 311. The zero-order valence-electron chi connectivity index (χ0n) is 10.0. The van der Waals surface area contributed by atoms with Gasteiger partial charge in [0.15, 0.2) is 0 Å². The van der Waals surface area contributed by atoms with Crippen LogP contribution in [0.5, 0.6) is 0 Å². The van der Waals surface area contributed by atoms with Gasteiger partial charge in [0.25, 0.3) is 0 Å². The molecule has 1 fully saturated rings. The Balaban J connectivity index is 2.99. The highest BCUT2D eigenvalue weighted by Gasteiger charge is 2.47. The van der Waals surface area contributed by atoms with Crippen LogP contribution in [0.3, 0.4) is 0 Å². The summed E-state index contributed by atoms with van der Waals surface area (Å²) in [6, 6.07) is -1.69. The van der Waals surface area contributed by atoms with E-state index in [2.05, 4.69) is 0 Å². The standard InChI is InChI=1S/C11H18FNO3/c1-6-7(12)5-8(9(14)15)13(6)10(16)11(2,3)4/h6-8H,5H2,1-4H3,(H,14,15)/t6-,7+,8-/m0/s1. The Morgan fingerprint density at radius 3 is 2.25 bits per heavy atom. The van der Waals surface area contributed by atoms with E-state index in [0.717, 1.165) is 0 Å². The van der Waals surface area contributed by atoms with Crippen LogP contribution in [-0.2, 0) is 9.59 Å².